The molecule has 0 radical (unpaired) electrons. The van der Waals surface area contributed by atoms with Gasteiger partial charge in [0, 0.05) is 11.6 Å². The highest BCUT2D eigenvalue weighted by Crippen LogP contribution is 2.31. The molecule has 3 aromatic rings. The first-order valence-corrected chi connectivity index (χ1v) is 5.79. The molecule has 0 bridgehead atoms. The lowest BCUT2D eigenvalue weighted by Crippen LogP contribution is -1.92. The predicted octanol–water partition coefficient (Wildman–Crippen LogP) is 4.92. The van der Waals surface area contributed by atoms with Crippen LogP contribution >= 0.6 is 0 Å². The van der Waals surface area contributed by atoms with Gasteiger partial charge in [-0.25, -0.2) is 13.2 Å². The minimum atomic E-state index is -1.18. The summed E-state index contributed by atoms with van der Waals surface area (Å²) in [6.07, 6.45) is 0. The molecule has 0 saturated carbocycles. The van der Waals surface area contributed by atoms with Crippen molar-refractivity contribution in [3.63, 3.8) is 0 Å². The van der Waals surface area contributed by atoms with Crippen LogP contribution in [0, 0.1) is 17.5 Å². The molecule has 0 amide bonds. The highest BCUT2D eigenvalue weighted by Gasteiger charge is 2.13. The van der Waals surface area contributed by atoms with Gasteiger partial charge in [-0.05, 0) is 22.4 Å². The molecule has 0 saturated heterocycles. The minimum absolute atomic E-state index is 0.0655. The number of rotatable bonds is 1. The summed E-state index contributed by atoms with van der Waals surface area (Å²) in [6, 6.07) is 14.2. The van der Waals surface area contributed by atoms with Crippen molar-refractivity contribution in [1.29, 1.82) is 0 Å². The van der Waals surface area contributed by atoms with E-state index in [1.54, 1.807) is 12.1 Å². The zero-order chi connectivity index (χ0) is 13.4. The van der Waals surface area contributed by atoms with Crippen molar-refractivity contribution in [2.45, 2.75) is 0 Å². The molecule has 0 fully saturated rings. The average Bonchev–Trinajstić information content (AvgIpc) is 2.42. The van der Waals surface area contributed by atoms with E-state index in [1.807, 2.05) is 30.3 Å². The third-order valence-electron chi connectivity index (χ3n) is 3.09. The standard InChI is InChI=1S/C16H9F3/c17-14-9-16(19)15(18)8-13(14)12-7-3-5-10-4-1-2-6-11(10)12/h1-9H. The number of hydrogen-bond donors (Lipinski definition) is 0. The Labute approximate surface area is 108 Å². The lowest BCUT2D eigenvalue weighted by Gasteiger charge is -2.08. The minimum Gasteiger partial charge on any atom is -0.206 e. The Kier molecular flexibility index (Phi) is 2.75. The molecule has 0 aliphatic carbocycles. The Morgan fingerprint density at radius 3 is 2.11 bits per heavy atom. The fourth-order valence-corrected chi connectivity index (χ4v) is 2.19. The zero-order valence-electron chi connectivity index (χ0n) is 9.83. The third kappa shape index (κ3) is 1.97. The van der Waals surface area contributed by atoms with Crippen LogP contribution in [0.4, 0.5) is 13.2 Å². The second kappa shape index (κ2) is 4.43. The molecule has 0 aliphatic heterocycles. The quantitative estimate of drug-likeness (QED) is 0.543. The Morgan fingerprint density at radius 2 is 1.26 bits per heavy atom. The molecule has 94 valence electrons. The van der Waals surface area contributed by atoms with Gasteiger partial charge in [0.05, 0.1) is 0 Å². The summed E-state index contributed by atoms with van der Waals surface area (Å²) >= 11 is 0. The topological polar surface area (TPSA) is 0 Å². The maximum absolute atomic E-state index is 13.8. The van der Waals surface area contributed by atoms with Crippen molar-refractivity contribution in [3.05, 3.63) is 72.0 Å². The summed E-state index contributed by atoms with van der Waals surface area (Å²) in [5.74, 6) is -3.00. The summed E-state index contributed by atoms with van der Waals surface area (Å²) in [4.78, 5) is 0. The lowest BCUT2D eigenvalue weighted by atomic mass is 9.98. The van der Waals surface area contributed by atoms with Gasteiger partial charge in [-0.1, -0.05) is 42.5 Å². The maximum atomic E-state index is 13.8. The average molecular weight is 258 g/mol. The van der Waals surface area contributed by atoms with Crippen LogP contribution in [0.3, 0.4) is 0 Å². The second-order valence-electron chi connectivity index (χ2n) is 4.27. The zero-order valence-corrected chi connectivity index (χ0v) is 9.83. The maximum Gasteiger partial charge on any atom is 0.161 e. The number of hydrogen-bond acceptors (Lipinski definition) is 0. The molecule has 0 N–H and O–H groups in total. The molecule has 3 rings (SSSR count). The highest BCUT2D eigenvalue weighted by molar-refractivity contribution is 5.96. The molecular weight excluding hydrogens is 249 g/mol. The number of benzene rings is 3. The van der Waals surface area contributed by atoms with Gasteiger partial charge in [0.1, 0.15) is 5.82 Å². The van der Waals surface area contributed by atoms with E-state index in [9.17, 15) is 13.2 Å². The van der Waals surface area contributed by atoms with E-state index in [4.69, 9.17) is 0 Å². The first kappa shape index (κ1) is 11.8. The van der Waals surface area contributed by atoms with E-state index in [1.165, 1.54) is 0 Å². The summed E-state index contributed by atoms with van der Waals surface area (Å²) < 4.78 is 40.1. The van der Waals surface area contributed by atoms with Gasteiger partial charge in [0.2, 0.25) is 0 Å². The SMILES string of the molecule is Fc1cc(F)c(-c2cccc3ccccc23)cc1F. The van der Waals surface area contributed by atoms with Crippen molar-refractivity contribution in [3.8, 4) is 11.1 Å². The lowest BCUT2D eigenvalue weighted by molar-refractivity contribution is 0.496. The van der Waals surface area contributed by atoms with Crippen LogP contribution in [0.25, 0.3) is 21.9 Å². The predicted molar refractivity (Wildman–Crippen MR) is 69.3 cm³/mol. The smallest absolute Gasteiger partial charge is 0.161 e. The van der Waals surface area contributed by atoms with Gasteiger partial charge < -0.3 is 0 Å². The van der Waals surface area contributed by atoms with E-state index in [0.717, 1.165) is 16.8 Å². The Hall–Kier alpha value is -2.29. The Morgan fingerprint density at radius 1 is 0.579 bits per heavy atom. The Balaban J connectivity index is 2.33. The molecule has 0 heterocycles. The van der Waals surface area contributed by atoms with Crippen molar-refractivity contribution in [2.24, 2.45) is 0 Å². The van der Waals surface area contributed by atoms with Crippen molar-refractivity contribution in [2.75, 3.05) is 0 Å². The molecule has 0 spiro atoms. The highest BCUT2D eigenvalue weighted by atomic mass is 19.2. The van der Waals surface area contributed by atoms with Crippen molar-refractivity contribution in [1.82, 2.24) is 0 Å². The molecular formula is C16H9F3. The van der Waals surface area contributed by atoms with E-state index >= 15 is 0 Å². The Bertz CT molecular complexity index is 758. The fourth-order valence-electron chi connectivity index (χ4n) is 2.19. The van der Waals surface area contributed by atoms with E-state index < -0.39 is 17.5 Å². The van der Waals surface area contributed by atoms with Crippen LogP contribution in [0.2, 0.25) is 0 Å². The second-order valence-corrected chi connectivity index (χ2v) is 4.27. The van der Waals surface area contributed by atoms with Crippen molar-refractivity contribution < 1.29 is 13.2 Å². The van der Waals surface area contributed by atoms with Crippen molar-refractivity contribution >= 4 is 10.8 Å². The normalized spacial score (nSPS) is 10.9. The van der Waals surface area contributed by atoms with Gasteiger partial charge >= 0.3 is 0 Å². The molecule has 3 heteroatoms. The van der Waals surface area contributed by atoms with Crippen LogP contribution in [0.15, 0.2) is 54.6 Å². The van der Waals surface area contributed by atoms with Gasteiger partial charge in [-0.15, -0.1) is 0 Å². The van der Waals surface area contributed by atoms with Crippen LogP contribution in [0.1, 0.15) is 0 Å². The van der Waals surface area contributed by atoms with E-state index in [-0.39, 0.29) is 5.56 Å². The molecule has 0 aromatic heterocycles. The van der Waals surface area contributed by atoms with Gasteiger partial charge in [0.25, 0.3) is 0 Å². The van der Waals surface area contributed by atoms with Gasteiger partial charge in [-0.3, -0.25) is 0 Å². The summed E-state index contributed by atoms with van der Waals surface area (Å²) in [7, 11) is 0. The molecule has 19 heavy (non-hydrogen) atoms. The van der Waals surface area contributed by atoms with Crippen LogP contribution < -0.4 is 0 Å². The molecule has 0 nitrogen and oxygen atoms in total. The summed E-state index contributed by atoms with van der Waals surface area (Å²) in [5, 5.41) is 1.72. The first-order chi connectivity index (χ1) is 9.16. The monoisotopic (exact) mass is 258 g/mol. The number of halogens is 3. The van der Waals surface area contributed by atoms with E-state index in [0.29, 0.717) is 11.6 Å². The third-order valence-corrected chi connectivity index (χ3v) is 3.09. The van der Waals surface area contributed by atoms with E-state index in [2.05, 4.69) is 0 Å². The molecule has 3 aromatic carbocycles. The van der Waals surface area contributed by atoms with Crippen LogP contribution in [0.5, 0.6) is 0 Å². The molecule has 0 atom stereocenters. The van der Waals surface area contributed by atoms with Gasteiger partial charge in [-0.2, -0.15) is 0 Å². The fraction of sp³-hybridized carbons (Fsp3) is 0. The summed E-state index contributed by atoms with van der Waals surface area (Å²) in [5.41, 5.74) is 0.616. The van der Waals surface area contributed by atoms with Gasteiger partial charge in [0.15, 0.2) is 11.6 Å². The molecule has 0 unspecified atom stereocenters. The largest absolute Gasteiger partial charge is 0.206 e. The molecule has 0 aliphatic rings. The van der Waals surface area contributed by atoms with Crippen LogP contribution in [-0.2, 0) is 0 Å². The number of fused-ring (bicyclic) bond motifs is 1. The van der Waals surface area contributed by atoms with Crippen LogP contribution in [-0.4, -0.2) is 0 Å². The summed E-state index contributed by atoms with van der Waals surface area (Å²) in [6.45, 7) is 0. The first-order valence-electron chi connectivity index (χ1n) is 5.79.